The number of carbonyl (C=O) groups excluding carboxylic acids is 1. The molecule has 1 fully saturated rings. The second-order valence-corrected chi connectivity index (χ2v) is 7.37. The van der Waals surface area contributed by atoms with Gasteiger partial charge >= 0.3 is 6.03 Å². The molecule has 0 bridgehead atoms. The highest BCUT2D eigenvalue weighted by atomic mass is 16.2. The minimum absolute atomic E-state index is 0.0374. The molecule has 1 saturated heterocycles. The molecule has 0 saturated carbocycles. The Morgan fingerprint density at radius 1 is 1.12 bits per heavy atom. The van der Waals surface area contributed by atoms with Gasteiger partial charge in [0, 0.05) is 19.6 Å². The SMILES string of the molecule is Cc1ccccc1C1CCCN1C(=O)NCc1ccccc1CN(C)C. The lowest BCUT2D eigenvalue weighted by atomic mass is 9.99. The second-order valence-electron chi connectivity index (χ2n) is 7.37. The van der Waals surface area contributed by atoms with Crippen molar-refractivity contribution in [1.82, 2.24) is 15.1 Å². The molecular weight excluding hydrogens is 322 g/mol. The van der Waals surface area contributed by atoms with E-state index < -0.39 is 0 Å². The first-order valence-corrected chi connectivity index (χ1v) is 9.38. The minimum atomic E-state index is 0.0374. The van der Waals surface area contributed by atoms with Gasteiger partial charge in [-0.2, -0.15) is 0 Å². The lowest BCUT2D eigenvalue weighted by molar-refractivity contribution is 0.192. The fourth-order valence-corrected chi connectivity index (χ4v) is 3.79. The van der Waals surface area contributed by atoms with E-state index in [-0.39, 0.29) is 12.1 Å². The van der Waals surface area contributed by atoms with E-state index in [2.05, 4.69) is 73.7 Å². The normalized spacial score (nSPS) is 16.9. The van der Waals surface area contributed by atoms with E-state index in [1.807, 2.05) is 11.0 Å². The Kier molecular flexibility index (Phi) is 5.94. The third kappa shape index (κ3) is 4.25. The van der Waals surface area contributed by atoms with Crippen molar-refractivity contribution in [3.63, 3.8) is 0 Å². The van der Waals surface area contributed by atoms with E-state index in [0.29, 0.717) is 6.54 Å². The highest BCUT2D eigenvalue weighted by molar-refractivity contribution is 5.75. The number of benzene rings is 2. The summed E-state index contributed by atoms with van der Waals surface area (Å²) in [5, 5.41) is 3.14. The third-order valence-corrected chi connectivity index (χ3v) is 5.10. The fraction of sp³-hybridized carbons (Fsp3) is 0.409. The molecule has 4 heteroatoms. The molecule has 1 unspecified atom stereocenters. The number of amides is 2. The molecule has 2 aromatic carbocycles. The van der Waals surface area contributed by atoms with Crippen LogP contribution in [0.3, 0.4) is 0 Å². The first kappa shape index (κ1) is 18.5. The van der Waals surface area contributed by atoms with Gasteiger partial charge in [-0.1, -0.05) is 48.5 Å². The molecule has 1 aliphatic heterocycles. The maximum atomic E-state index is 12.9. The standard InChI is InChI=1S/C22H29N3O/c1-17-9-4-7-12-20(17)21-13-8-14-25(21)22(26)23-15-18-10-5-6-11-19(18)16-24(2)3/h4-7,9-12,21H,8,13-16H2,1-3H3,(H,23,26). The van der Waals surface area contributed by atoms with Crippen LogP contribution in [0.2, 0.25) is 0 Å². The number of aryl methyl sites for hydroxylation is 1. The van der Waals surface area contributed by atoms with Crippen molar-refractivity contribution in [2.45, 2.75) is 38.9 Å². The first-order valence-electron chi connectivity index (χ1n) is 9.38. The number of urea groups is 1. The number of nitrogens with one attached hydrogen (secondary N) is 1. The predicted octanol–water partition coefficient (Wildman–Crippen LogP) is 4.10. The van der Waals surface area contributed by atoms with Gasteiger partial charge in [-0.15, -0.1) is 0 Å². The minimum Gasteiger partial charge on any atom is -0.334 e. The van der Waals surface area contributed by atoms with Gasteiger partial charge in [0.2, 0.25) is 0 Å². The summed E-state index contributed by atoms with van der Waals surface area (Å²) >= 11 is 0. The van der Waals surface area contributed by atoms with Crippen molar-refractivity contribution in [3.8, 4) is 0 Å². The van der Waals surface area contributed by atoms with Gasteiger partial charge in [0.25, 0.3) is 0 Å². The Labute approximate surface area is 156 Å². The molecule has 2 aromatic rings. The molecule has 0 aliphatic carbocycles. The maximum Gasteiger partial charge on any atom is 0.318 e. The number of hydrogen-bond acceptors (Lipinski definition) is 2. The fourth-order valence-electron chi connectivity index (χ4n) is 3.79. The topological polar surface area (TPSA) is 35.6 Å². The molecule has 3 rings (SSSR count). The predicted molar refractivity (Wildman–Crippen MR) is 106 cm³/mol. The lowest BCUT2D eigenvalue weighted by Crippen LogP contribution is -2.39. The Hall–Kier alpha value is -2.33. The highest BCUT2D eigenvalue weighted by Gasteiger charge is 2.30. The van der Waals surface area contributed by atoms with E-state index >= 15 is 0 Å². The molecule has 2 amide bonds. The van der Waals surface area contributed by atoms with Crippen molar-refractivity contribution in [2.24, 2.45) is 0 Å². The Balaban J connectivity index is 1.68. The summed E-state index contributed by atoms with van der Waals surface area (Å²) in [7, 11) is 4.12. The van der Waals surface area contributed by atoms with Crippen LogP contribution in [-0.4, -0.2) is 36.5 Å². The van der Waals surface area contributed by atoms with Crippen LogP contribution in [0.1, 0.15) is 41.1 Å². The van der Waals surface area contributed by atoms with Crippen LogP contribution in [0.25, 0.3) is 0 Å². The van der Waals surface area contributed by atoms with Gasteiger partial charge < -0.3 is 15.1 Å². The average molecular weight is 351 g/mol. The summed E-state index contributed by atoms with van der Waals surface area (Å²) in [4.78, 5) is 17.0. The molecule has 0 radical (unpaired) electrons. The molecule has 1 aliphatic rings. The zero-order chi connectivity index (χ0) is 18.5. The summed E-state index contributed by atoms with van der Waals surface area (Å²) in [6.45, 7) is 4.40. The van der Waals surface area contributed by atoms with Crippen LogP contribution in [0, 0.1) is 6.92 Å². The lowest BCUT2D eigenvalue weighted by Gasteiger charge is -2.27. The molecule has 4 nitrogen and oxygen atoms in total. The van der Waals surface area contributed by atoms with Gasteiger partial charge in [-0.25, -0.2) is 4.79 Å². The van der Waals surface area contributed by atoms with Crippen molar-refractivity contribution in [3.05, 3.63) is 70.8 Å². The number of carbonyl (C=O) groups is 1. The molecule has 0 spiro atoms. The number of likely N-dealkylation sites (tertiary alicyclic amines) is 1. The summed E-state index contributed by atoms with van der Waals surface area (Å²) in [6.07, 6.45) is 2.10. The van der Waals surface area contributed by atoms with Gasteiger partial charge in [0.05, 0.1) is 6.04 Å². The zero-order valence-electron chi connectivity index (χ0n) is 16.0. The van der Waals surface area contributed by atoms with Crippen molar-refractivity contribution < 1.29 is 4.79 Å². The second kappa shape index (κ2) is 8.37. The monoisotopic (exact) mass is 351 g/mol. The Morgan fingerprint density at radius 2 is 1.81 bits per heavy atom. The maximum absolute atomic E-state index is 12.9. The molecule has 138 valence electrons. The van der Waals surface area contributed by atoms with Gasteiger partial charge in [0.1, 0.15) is 0 Å². The molecule has 26 heavy (non-hydrogen) atoms. The number of nitrogens with zero attached hydrogens (tertiary/aromatic N) is 2. The Morgan fingerprint density at radius 3 is 2.54 bits per heavy atom. The van der Waals surface area contributed by atoms with E-state index in [1.54, 1.807) is 0 Å². The smallest absolute Gasteiger partial charge is 0.318 e. The van der Waals surface area contributed by atoms with Gasteiger partial charge in [-0.05, 0) is 56.1 Å². The third-order valence-electron chi connectivity index (χ3n) is 5.10. The van der Waals surface area contributed by atoms with Crippen LogP contribution >= 0.6 is 0 Å². The highest BCUT2D eigenvalue weighted by Crippen LogP contribution is 2.33. The molecular formula is C22H29N3O. The van der Waals surface area contributed by atoms with Crippen molar-refractivity contribution in [1.29, 1.82) is 0 Å². The van der Waals surface area contributed by atoms with E-state index in [1.165, 1.54) is 22.3 Å². The summed E-state index contributed by atoms with van der Waals surface area (Å²) < 4.78 is 0. The molecule has 0 aromatic heterocycles. The number of rotatable bonds is 5. The van der Waals surface area contributed by atoms with Crippen LogP contribution in [0.4, 0.5) is 4.79 Å². The summed E-state index contributed by atoms with van der Waals surface area (Å²) in [6, 6.07) is 16.9. The van der Waals surface area contributed by atoms with Gasteiger partial charge in [-0.3, -0.25) is 0 Å². The van der Waals surface area contributed by atoms with Crippen molar-refractivity contribution >= 4 is 6.03 Å². The summed E-state index contributed by atoms with van der Waals surface area (Å²) in [5.41, 5.74) is 4.97. The molecule has 1 atom stereocenters. The zero-order valence-corrected chi connectivity index (χ0v) is 16.0. The van der Waals surface area contributed by atoms with E-state index in [4.69, 9.17) is 0 Å². The first-order chi connectivity index (χ1) is 12.6. The summed E-state index contributed by atoms with van der Waals surface area (Å²) in [5.74, 6) is 0. The Bertz CT molecular complexity index is 757. The molecule has 1 N–H and O–H groups in total. The van der Waals surface area contributed by atoms with Crippen LogP contribution in [0.15, 0.2) is 48.5 Å². The van der Waals surface area contributed by atoms with Crippen LogP contribution in [0.5, 0.6) is 0 Å². The van der Waals surface area contributed by atoms with Crippen LogP contribution < -0.4 is 5.32 Å². The quantitative estimate of drug-likeness (QED) is 0.880. The largest absolute Gasteiger partial charge is 0.334 e. The van der Waals surface area contributed by atoms with E-state index in [0.717, 1.165) is 25.9 Å². The molecule has 1 heterocycles. The van der Waals surface area contributed by atoms with Crippen LogP contribution in [-0.2, 0) is 13.1 Å². The van der Waals surface area contributed by atoms with Crippen molar-refractivity contribution in [2.75, 3.05) is 20.6 Å². The number of hydrogen-bond donors (Lipinski definition) is 1. The average Bonchev–Trinajstić information content (AvgIpc) is 3.10. The van der Waals surface area contributed by atoms with E-state index in [9.17, 15) is 4.79 Å². The van der Waals surface area contributed by atoms with Gasteiger partial charge in [0.15, 0.2) is 0 Å².